The third kappa shape index (κ3) is 2.01. The third-order valence-electron chi connectivity index (χ3n) is 2.33. The number of aliphatic hydroxyl groups is 1. The number of aromatic nitrogens is 1. The second kappa shape index (κ2) is 4.28. The van der Waals surface area contributed by atoms with Crippen LogP contribution >= 0.6 is 0 Å². The predicted molar refractivity (Wildman–Crippen MR) is 58.4 cm³/mol. The first-order chi connectivity index (χ1) is 7.70. The molecule has 3 nitrogen and oxygen atoms in total. The minimum absolute atomic E-state index is 0.293. The van der Waals surface area contributed by atoms with Crippen LogP contribution in [0.4, 0.5) is 4.39 Å². The van der Waals surface area contributed by atoms with Crippen molar-refractivity contribution in [1.82, 2.24) is 4.98 Å². The molecule has 0 fully saturated rings. The number of hydrogen-bond acceptors (Lipinski definition) is 2. The van der Waals surface area contributed by atoms with E-state index in [9.17, 15) is 9.18 Å². The molecule has 2 aromatic rings. The number of aliphatic hydroxyl groups excluding tert-OH is 1. The molecular weight excluding hydrogens is 209 g/mol. The zero-order valence-electron chi connectivity index (χ0n) is 8.40. The molecule has 0 bridgehead atoms. The summed E-state index contributed by atoms with van der Waals surface area (Å²) in [5, 5.41) is 8.95. The van der Waals surface area contributed by atoms with Gasteiger partial charge in [-0.1, -0.05) is 12.1 Å². The summed E-state index contributed by atoms with van der Waals surface area (Å²) >= 11 is 0. The first kappa shape index (κ1) is 10.6. The van der Waals surface area contributed by atoms with E-state index in [1.165, 1.54) is 18.3 Å². The number of halogens is 1. The lowest BCUT2D eigenvalue weighted by Gasteiger charge is -2.02. The van der Waals surface area contributed by atoms with Gasteiger partial charge in [0.2, 0.25) is 0 Å². The topological polar surface area (TPSA) is 53.1 Å². The van der Waals surface area contributed by atoms with Crippen LogP contribution in [0.1, 0.15) is 5.56 Å². The zero-order valence-corrected chi connectivity index (χ0v) is 8.40. The van der Waals surface area contributed by atoms with Gasteiger partial charge in [0.15, 0.2) is 0 Å². The molecule has 0 aliphatic heterocycles. The lowest BCUT2D eigenvalue weighted by molar-refractivity contribution is 0.280. The molecule has 0 aliphatic rings. The van der Waals surface area contributed by atoms with E-state index in [1.807, 2.05) is 0 Å². The van der Waals surface area contributed by atoms with Crippen molar-refractivity contribution in [3.8, 4) is 11.1 Å². The van der Waals surface area contributed by atoms with Gasteiger partial charge in [-0.2, -0.15) is 0 Å². The van der Waals surface area contributed by atoms with Crippen LogP contribution in [0, 0.1) is 5.82 Å². The van der Waals surface area contributed by atoms with Gasteiger partial charge in [-0.15, -0.1) is 0 Å². The Morgan fingerprint density at radius 2 is 1.88 bits per heavy atom. The normalized spacial score (nSPS) is 10.4. The Hall–Kier alpha value is -1.94. The molecule has 1 heterocycles. The maximum absolute atomic E-state index is 12.7. The highest BCUT2D eigenvalue weighted by Crippen LogP contribution is 2.18. The molecule has 2 rings (SSSR count). The van der Waals surface area contributed by atoms with Gasteiger partial charge in [-0.3, -0.25) is 4.79 Å². The fraction of sp³-hybridized carbons (Fsp3) is 0.0833. The second-order valence-corrected chi connectivity index (χ2v) is 3.41. The summed E-state index contributed by atoms with van der Waals surface area (Å²) in [4.78, 5) is 13.7. The van der Waals surface area contributed by atoms with Crippen LogP contribution < -0.4 is 5.56 Å². The Kier molecular flexibility index (Phi) is 2.83. The second-order valence-electron chi connectivity index (χ2n) is 3.41. The van der Waals surface area contributed by atoms with E-state index in [0.717, 1.165) is 11.1 Å². The zero-order chi connectivity index (χ0) is 11.5. The van der Waals surface area contributed by atoms with Gasteiger partial charge in [-0.25, -0.2) is 4.39 Å². The lowest BCUT2D eigenvalue weighted by Crippen LogP contribution is -2.11. The van der Waals surface area contributed by atoms with Crippen molar-refractivity contribution in [3.05, 3.63) is 58.3 Å². The van der Waals surface area contributed by atoms with Crippen molar-refractivity contribution in [2.45, 2.75) is 6.61 Å². The average molecular weight is 219 g/mol. The molecule has 82 valence electrons. The van der Waals surface area contributed by atoms with Crippen molar-refractivity contribution < 1.29 is 9.50 Å². The molecule has 2 N–H and O–H groups in total. The molecule has 4 heteroatoms. The van der Waals surface area contributed by atoms with Gasteiger partial charge in [-0.05, 0) is 29.3 Å². The summed E-state index contributed by atoms with van der Waals surface area (Å²) in [5.41, 5.74) is 1.51. The molecule has 1 aromatic heterocycles. The Balaban J connectivity index is 2.48. The minimum atomic E-state index is -0.315. The van der Waals surface area contributed by atoms with E-state index < -0.39 is 0 Å². The SMILES string of the molecule is O=c1[nH]cc(-c2ccc(F)cc2)cc1CO. The van der Waals surface area contributed by atoms with Gasteiger partial charge in [0, 0.05) is 11.8 Å². The van der Waals surface area contributed by atoms with E-state index in [2.05, 4.69) is 4.98 Å². The van der Waals surface area contributed by atoms with E-state index in [4.69, 9.17) is 5.11 Å². The maximum atomic E-state index is 12.7. The number of benzene rings is 1. The molecule has 0 amide bonds. The van der Waals surface area contributed by atoms with E-state index in [1.54, 1.807) is 18.2 Å². The number of hydrogen-bond donors (Lipinski definition) is 2. The van der Waals surface area contributed by atoms with Crippen molar-refractivity contribution in [2.75, 3.05) is 0 Å². The smallest absolute Gasteiger partial charge is 0.253 e. The van der Waals surface area contributed by atoms with Crippen LogP contribution in [0.2, 0.25) is 0 Å². The molecule has 0 unspecified atom stereocenters. The maximum Gasteiger partial charge on any atom is 0.253 e. The molecule has 0 spiro atoms. The summed E-state index contributed by atoms with van der Waals surface area (Å²) < 4.78 is 12.7. The van der Waals surface area contributed by atoms with Gasteiger partial charge in [0.25, 0.3) is 5.56 Å². The summed E-state index contributed by atoms with van der Waals surface area (Å²) in [7, 11) is 0. The quantitative estimate of drug-likeness (QED) is 0.807. The molecule has 0 aliphatic carbocycles. The highest BCUT2D eigenvalue weighted by molar-refractivity contribution is 5.62. The summed E-state index contributed by atoms with van der Waals surface area (Å²) in [6.45, 7) is -0.315. The number of pyridine rings is 1. The molecule has 16 heavy (non-hydrogen) atoms. The minimum Gasteiger partial charge on any atom is -0.391 e. The molecule has 0 saturated heterocycles. The number of rotatable bonds is 2. The Morgan fingerprint density at radius 3 is 2.50 bits per heavy atom. The monoisotopic (exact) mass is 219 g/mol. The van der Waals surface area contributed by atoms with Crippen molar-refractivity contribution in [3.63, 3.8) is 0 Å². The summed E-state index contributed by atoms with van der Waals surface area (Å²) in [6, 6.07) is 7.51. The Morgan fingerprint density at radius 1 is 1.19 bits per heavy atom. The first-order valence-electron chi connectivity index (χ1n) is 4.79. The summed E-state index contributed by atoms with van der Waals surface area (Å²) in [5.74, 6) is -0.310. The number of nitrogens with one attached hydrogen (secondary N) is 1. The number of H-pyrrole nitrogens is 1. The molecule has 0 saturated carbocycles. The molecule has 0 atom stereocenters. The molecule has 0 radical (unpaired) electrons. The lowest BCUT2D eigenvalue weighted by atomic mass is 10.1. The summed E-state index contributed by atoms with van der Waals surface area (Å²) in [6.07, 6.45) is 1.54. The van der Waals surface area contributed by atoms with Gasteiger partial charge in [0.05, 0.1) is 6.61 Å². The highest BCUT2D eigenvalue weighted by Gasteiger charge is 2.02. The van der Waals surface area contributed by atoms with Gasteiger partial charge in [0.1, 0.15) is 5.82 Å². The first-order valence-corrected chi connectivity index (χ1v) is 4.79. The Labute approximate surface area is 91.2 Å². The Bertz CT molecular complexity index is 546. The van der Waals surface area contributed by atoms with Gasteiger partial charge >= 0.3 is 0 Å². The van der Waals surface area contributed by atoms with E-state index >= 15 is 0 Å². The molecule has 1 aromatic carbocycles. The fourth-order valence-electron chi connectivity index (χ4n) is 1.46. The van der Waals surface area contributed by atoms with Crippen LogP contribution in [-0.4, -0.2) is 10.1 Å². The fourth-order valence-corrected chi connectivity index (χ4v) is 1.46. The highest BCUT2D eigenvalue weighted by atomic mass is 19.1. The molecular formula is C12H10FNO2. The van der Waals surface area contributed by atoms with Gasteiger partial charge < -0.3 is 10.1 Å². The van der Waals surface area contributed by atoms with Crippen molar-refractivity contribution in [1.29, 1.82) is 0 Å². The van der Waals surface area contributed by atoms with Crippen LogP contribution in [0.25, 0.3) is 11.1 Å². The van der Waals surface area contributed by atoms with E-state index in [0.29, 0.717) is 5.56 Å². The average Bonchev–Trinajstić information content (AvgIpc) is 2.31. The van der Waals surface area contributed by atoms with E-state index in [-0.39, 0.29) is 18.0 Å². The predicted octanol–water partition coefficient (Wildman–Crippen LogP) is 1.67. The van der Waals surface area contributed by atoms with Crippen LogP contribution in [-0.2, 0) is 6.61 Å². The van der Waals surface area contributed by atoms with Crippen LogP contribution in [0.5, 0.6) is 0 Å². The third-order valence-corrected chi connectivity index (χ3v) is 2.33. The largest absolute Gasteiger partial charge is 0.391 e. The van der Waals surface area contributed by atoms with Crippen LogP contribution in [0.15, 0.2) is 41.3 Å². The van der Waals surface area contributed by atoms with Crippen molar-refractivity contribution >= 4 is 0 Å². The number of aromatic amines is 1. The van der Waals surface area contributed by atoms with Crippen molar-refractivity contribution in [2.24, 2.45) is 0 Å². The standard InChI is InChI=1S/C12H10FNO2/c13-11-3-1-8(2-4-11)9-5-10(7-15)12(16)14-6-9/h1-6,15H,7H2,(H,14,16). The van der Waals surface area contributed by atoms with Crippen LogP contribution in [0.3, 0.4) is 0 Å².